The zero-order valence-corrected chi connectivity index (χ0v) is 11.6. The average molecular weight is 220 g/mol. The maximum atomic E-state index is 11.9. The van der Waals surface area contributed by atoms with E-state index in [1.54, 1.807) is 12.1 Å². The molecule has 0 heterocycles. The molecule has 0 saturated heterocycles. The van der Waals surface area contributed by atoms with Gasteiger partial charge in [0.1, 0.15) is 0 Å². The Labute approximate surface area is 129 Å². The number of hydrogen-bond acceptors (Lipinski definition) is 3. The molecule has 1 rings (SSSR count). The Morgan fingerprint density at radius 3 is 2.12 bits per heavy atom. The largest absolute Gasteiger partial charge is 1.00 e. The van der Waals surface area contributed by atoms with Gasteiger partial charge in [-0.1, -0.05) is 6.23 Å². The van der Waals surface area contributed by atoms with E-state index in [1.165, 1.54) is 0 Å². The Kier molecular flexibility index (Phi) is 11.8. The zero-order chi connectivity index (χ0) is 11.3. The minimum absolute atomic E-state index is 0. The molecule has 0 radical (unpaired) electrons. The second kappa shape index (κ2) is 10.2. The number of nitrogens with zero attached hydrogens (tertiary/aromatic N) is 2. The molecule has 0 aliphatic heterocycles. The van der Waals surface area contributed by atoms with Crippen molar-refractivity contribution < 1.29 is 42.8 Å². The molecule has 5 heteroatoms. The van der Waals surface area contributed by atoms with Crippen molar-refractivity contribution in [3.63, 3.8) is 0 Å². The summed E-state index contributed by atoms with van der Waals surface area (Å²) in [6.07, 6.45) is -0.778. The molecule has 0 aliphatic rings. The van der Waals surface area contributed by atoms with Crippen LogP contribution in [0.15, 0.2) is 24.3 Å². The van der Waals surface area contributed by atoms with E-state index in [0.717, 1.165) is 18.7 Å². The van der Waals surface area contributed by atoms with Crippen LogP contribution in [0.2, 0.25) is 0 Å². The third-order valence-corrected chi connectivity index (χ3v) is 2.33. The van der Waals surface area contributed by atoms with Crippen molar-refractivity contribution >= 4 is 0 Å². The van der Waals surface area contributed by atoms with Gasteiger partial charge in [-0.2, -0.15) is 35.9 Å². The first-order valence-electron chi connectivity index (χ1n) is 5.08. The third-order valence-electron chi connectivity index (χ3n) is 2.33. The fourth-order valence-corrected chi connectivity index (χ4v) is 1.29. The first-order valence-corrected chi connectivity index (χ1v) is 5.08. The molecule has 3 nitrogen and oxygen atoms in total. The standard InChI is InChI=1S/C12H18N2O.2Li/c1-13(2)9-10-14(3)12(15)11-7-5-4-6-8-11;;/h5-8,12H,9-10H2,1-3H3;;/q-2;2*+1. The predicted molar refractivity (Wildman–Crippen MR) is 59.2 cm³/mol. The van der Waals surface area contributed by atoms with Crippen molar-refractivity contribution in [2.24, 2.45) is 0 Å². The van der Waals surface area contributed by atoms with Gasteiger partial charge in [-0.15, -0.1) is 0 Å². The number of rotatable bonds is 5. The number of hydrogen-bond donors (Lipinski definition) is 0. The maximum absolute atomic E-state index is 11.9. The van der Waals surface area contributed by atoms with Crippen molar-refractivity contribution in [1.29, 1.82) is 0 Å². The van der Waals surface area contributed by atoms with E-state index >= 15 is 0 Å². The summed E-state index contributed by atoms with van der Waals surface area (Å²) in [5.74, 6) is 0. The van der Waals surface area contributed by atoms with Crippen LogP contribution in [0.1, 0.15) is 11.8 Å². The first-order chi connectivity index (χ1) is 7.11. The van der Waals surface area contributed by atoms with Gasteiger partial charge >= 0.3 is 37.7 Å². The minimum Gasteiger partial charge on any atom is -0.839 e. The SMILES string of the molecule is CN(C)CCN(C)C([O-])c1cc[c-]cc1.[Li+].[Li+]. The van der Waals surface area contributed by atoms with Gasteiger partial charge in [0.15, 0.2) is 0 Å². The molecule has 0 spiro atoms. The molecular weight excluding hydrogens is 202 g/mol. The summed E-state index contributed by atoms with van der Waals surface area (Å²) in [6, 6.07) is 10.1. The van der Waals surface area contributed by atoms with E-state index in [9.17, 15) is 5.11 Å². The second-order valence-corrected chi connectivity index (χ2v) is 3.97. The second-order valence-electron chi connectivity index (χ2n) is 3.97. The van der Waals surface area contributed by atoms with Crippen LogP contribution < -0.4 is 42.8 Å². The minimum atomic E-state index is -0.778. The molecule has 0 saturated carbocycles. The molecule has 1 atom stereocenters. The van der Waals surface area contributed by atoms with Gasteiger partial charge in [-0.25, -0.2) is 0 Å². The van der Waals surface area contributed by atoms with E-state index in [1.807, 2.05) is 38.2 Å². The quantitative estimate of drug-likeness (QED) is 0.281. The molecule has 1 unspecified atom stereocenters. The van der Waals surface area contributed by atoms with Crippen LogP contribution >= 0.6 is 0 Å². The fourth-order valence-electron chi connectivity index (χ4n) is 1.29. The molecule has 84 valence electrons. The van der Waals surface area contributed by atoms with E-state index in [4.69, 9.17) is 0 Å². The van der Waals surface area contributed by atoms with Crippen molar-refractivity contribution in [1.82, 2.24) is 9.80 Å². The van der Waals surface area contributed by atoms with Crippen LogP contribution in [0.5, 0.6) is 0 Å². The summed E-state index contributed by atoms with van der Waals surface area (Å²) in [5.41, 5.74) is 0.801. The Hall–Kier alpha value is 0.295. The van der Waals surface area contributed by atoms with Gasteiger partial charge in [0.25, 0.3) is 0 Å². The van der Waals surface area contributed by atoms with Crippen molar-refractivity contribution in [2.75, 3.05) is 34.2 Å². The Bertz CT molecular complexity index is 283. The monoisotopic (exact) mass is 220 g/mol. The fraction of sp³-hybridized carbons (Fsp3) is 0.500. The summed E-state index contributed by atoms with van der Waals surface area (Å²) in [5, 5.41) is 11.9. The summed E-state index contributed by atoms with van der Waals surface area (Å²) in [6.45, 7) is 1.67. The Morgan fingerprint density at radius 1 is 1.12 bits per heavy atom. The van der Waals surface area contributed by atoms with Crippen LogP contribution in [0.4, 0.5) is 0 Å². The topological polar surface area (TPSA) is 29.5 Å². The Morgan fingerprint density at radius 2 is 1.65 bits per heavy atom. The van der Waals surface area contributed by atoms with Crippen molar-refractivity contribution in [2.45, 2.75) is 6.23 Å². The summed E-state index contributed by atoms with van der Waals surface area (Å²) >= 11 is 0. The maximum Gasteiger partial charge on any atom is 1.00 e. The van der Waals surface area contributed by atoms with Crippen LogP contribution in [0, 0.1) is 6.07 Å². The van der Waals surface area contributed by atoms with Crippen LogP contribution in [0.25, 0.3) is 0 Å². The molecule has 1 aromatic rings. The normalized spacial score (nSPS) is 11.9. The Balaban J connectivity index is 0. The van der Waals surface area contributed by atoms with Gasteiger partial charge < -0.3 is 14.9 Å². The molecule has 0 amide bonds. The molecule has 0 aromatic heterocycles. The molecule has 0 fully saturated rings. The van der Waals surface area contributed by atoms with Gasteiger partial charge in [0.2, 0.25) is 0 Å². The molecule has 0 bridgehead atoms. The van der Waals surface area contributed by atoms with Crippen LogP contribution in [-0.4, -0.2) is 44.0 Å². The van der Waals surface area contributed by atoms with Crippen molar-refractivity contribution in [3.8, 4) is 0 Å². The van der Waals surface area contributed by atoms with Gasteiger partial charge in [-0.05, 0) is 21.1 Å². The molecular formula is C12H18Li2N2O. The third kappa shape index (κ3) is 7.34. The molecule has 0 aliphatic carbocycles. The molecule has 17 heavy (non-hydrogen) atoms. The first kappa shape index (κ1) is 19.6. The summed E-state index contributed by atoms with van der Waals surface area (Å²) in [4.78, 5) is 3.89. The van der Waals surface area contributed by atoms with E-state index < -0.39 is 6.23 Å². The van der Waals surface area contributed by atoms with Crippen LogP contribution in [0.3, 0.4) is 0 Å². The summed E-state index contributed by atoms with van der Waals surface area (Å²) in [7, 11) is 5.87. The van der Waals surface area contributed by atoms with Crippen LogP contribution in [-0.2, 0) is 0 Å². The van der Waals surface area contributed by atoms with Gasteiger partial charge in [0.05, 0.1) is 0 Å². The predicted octanol–water partition coefficient (Wildman–Crippen LogP) is -5.65. The number of likely N-dealkylation sites (N-methyl/N-ethyl adjacent to an activating group) is 2. The average Bonchev–Trinajstić information content (AvgIpc) is 2.26. The van der Waals surface area contributed by atoms with E-state index in [0.29, 0.717) is 0 Å². The van der Waals surface area contributed by atoms with E-state index in [2.05, 4.69) is 11.0 Å². The van der Waals surface area contributed by atoms with Crippen molar-refractivity contribution in [3.05, 3.63) is 35.9 Å². The van der Waals surface area contributed by atoms with Gasteiger partial charge in [0, 0.05) is 13.1 Å². The zero-order valence-electron chi connectivity index (χ0n) is 11.6. The molecule has 0 N–H and O–H groups in total. The number of benzene rings is 1. The molecule has 1 aromatic carbocycles. The van der Waals surface area contributed by atoms with Gasteiger partial charge in [-0.3, -0.25) is 0 Å². The summed E-state index contributed by atoms with van der Waals surface area (Å²) < 4.78 is 0. The smallest absolute Gasteiger partial charge is 0.839 e. The van der Waals surface area contributed by atoms with E-state index in [-0.39, 0.29) is 37.7 Å².